The number of fused-ring (bicyclic) bond motifs is 1. The Morgan fingerprint density at radius 2 is 1.68 bits per heavy atom. The molecule has 9 heteroatoms. The van der Waals surface area contributed by atoms with Crippen molar-refractivity contribution in [1.29, 1.82) is 0 Å². The highest BCUT2D eigenvalue weighted by atomic mass is 79.9. The quantitative estimate of drug-likeness (QED) is 0.661. The lowest BCUT2D eigenvalue weighted by Crippen LogP contribution is -2.39. The number of ether oxygens (including phenoxy) is 2. The molecule has 28 heavy (non-hydrogen) atoms. The van der Waals surface area contributed by atoms with E-state index in [-0.39, 0.29) is 11.8 Å². The first kappa shape index (κ1) is 18.4. The van der Waals surface area contributed by atoms with E-state index in [9.17, 15) is 9.59 Å². The summed E-state index contributed by atoms with van der Waals surface area (Å²) < 4.78 is 11.2. The fraction of sp³-hybridized carbons (Fsp3) is 0.263. The molecule has 0 unspecified atom stereocenters. The van der Waals surface area contributed by atoms with Crippen molar-refractivity contribution in [3.63, 3.8) is 0 Å². The molecule has 0 saturated carbocycles. The zero-order valence-electron chi connectivity index (χ0n) is 15.2. The fourth-order valence-electron chi connectivity index (χ4n) is 3.31. The van der Waals surface area contributed by atoms with Crippen molar-refractivity contribution in [3.8, 4) is 11.5 Å². The summed E-state index contributed by atoms with van der Waals surface area (Å²) in [4.78, 5) is 27.0. The monoisotopic (exact) mass is 444 g/mol. The third-order valence-corrected chi connectivity index (χ3v) is 5.55. The van der Waals surface area contributed by atoms with Crippen molar-refractivity contribution in [2.24, 2.45) is 10.3 Å². The molecule has 2 aromatic carbocycles. The highest BCUT2D eigenvalue weighted by Crippen LogP contribution is 2.34. The minimum atomic E-state index is -0.834. The molecule has 0 spiro atoms. The lowest BCUT2D eigenvalue weighted by Gasteiger charge is -2.21. The van der Waals surface area contributed by atoms with Crippen LogP contribution in [0.4, 0.5) is 5.69 Å². The SMILES string of the molecule is COc1ccc(N2C(=O)[C@@H]3N=NN(Cc4cc(OC)ccc4Br)[C@H]3C2=O)cc1. The van der Waals surface area contributed by atoms with Crippen LogP contribution in [0.3, 0.4) is 0 Å². The smallest absolute Gasteiger partial charge is 0.263 e. The number of methoxy groups -OCH3 is 2. The van der Waals surface area contributed by atoms with Crippen molar-refractivity contribution in [2.45, 2.75) is 18.6 Å². The predicted octanol–water partition coefficient (Wildman–Crippen LogP) is 2.96. The summed E-state index contributed by atoms with van der Waals surface area (Å²) in [6.07, 6.45) is 0. The Kier molecular flexibility index (Phi) is 4.76. The van der Waals surface area contributed by atoms with E-state index in [0.717, 1.165) is 10.0 Å². The predicted molar refractivity (Wildman–Crippen MR) is 104 cm³/mol. The zero-order valence-corrected chi connectivity index (χ0v) is 16.8. The molecule has 0 N–H and O–H groups in total. The van der Waals surface area contributed by atoms with Crippen molar-refractivity contribution in [1.82, 2.24) is 5.01 Å². The number of amides is 2. The number of hydrogen-bond donors (Lipinski definition) is 0. The van der Waals surface area contributed by atoms with Crippen molar-refractivity contribution in [2.75, 3.05) is 19.1 Å². The lowest BCUT2D eigenvalue weighted by atomic mass is 10.1. The number of hydrogen-bond acceptors (Lipinski definition) is 7. The second-order valence-electron chi connectivity index (χ2n) is 6.36. The van der Waals surface area contributed by atoms with Crippen LogP contribution in [0.5, 0.6) is 11.5 Å². The molecule has 0 aromatic heterocycles. The van der Waals surface area contributed by atoms with E-state index >= 15 is 0 Å². The second-order valence-corrected chi connectivity index (χ2v) is 7.21. The van der Waals surface area contributed by atoms with E-state index in [4.69, 9.17) is 9.47 Å². The van der Waals surface area contributed by atoms with Gasteiger partial charge in [-0.2, -0.15) is 5.11 Å². The molecule has 8 nitrogen and oxygen atoms in total. The number of rotatable bonds is 5. The van der Waals surface area contributed by atoms with Crippen molar-refractivity contribution >= 4 is 33.4 Å². The summed E-state index contributed by atoms with van der Waals surface area (Å²) in [6, 6.07) is 10.7. The Hall–Kier alpha value is -2.94. The van der Waals surface area contributed by atoms with Crippen LogP contribution in [0.2, 0.25) is 0 Å². The third-order valence-electron chi connectivity index (χ3n) is 4.77. The number of halogens is 1. The molecule has 2 aliphatic heterocycles. The molecule has 2 aliphatic rings. The number of carbonyl (C=O) groups excluding carboxylic acids is 2. The van der Waals surface area contributed by atoms with Crippen LogP contribution in [0.15, 0.2) is 57.3 Å². The summed E-state index contributed by atoms with van der Waals surface area (Å²) in [5, 5.41) is 9.68. The van der Waals surface area contributed by atoms with Gasteiger partial charge in [0.1, 0.15) is 11.5 Å². The van der Waals surface area contributed by atoms with Gasteiger partial charge >= 0.3 is 0 Å². The van der Waals surface area contributed by atoms with E-state index in [0.29, 0.717) is 23.7 Å². The number of anilines is 1. The Balaban J connectivity index is 1.59. The average molecular weight is 445 g/mol. The van der Waals surface area contributed by atoms with Crippen molar-refractivity contribution < 1.29 is 19.1 Å². The Bertz CT molecular complexity index is 963. The Morgan fingerprint density at radius 1 is 1.00 bits per heavy atom. The zero-order chi connectivity index (χ0) is 19.8. The van der Waals surface area contributed by atoms with E-state index in [2.05, 4.69) is 26.3 Å². The van der Waals surface area contributed by atoms with Gasteiger partial charge < -0.3 is 9.47 Å². The van der Waals surface area contributed by atoms with Crippen molar-refractivity contribution in [3.05, 3.63) is 52.5 Å². The maximum atomic E-state index is 13.0. The van der Waals surface area contributed by atoms with Crippen LogP contribution in [0.25, 0.3) is 0 Å². The van der Waals surface area contributed by atoms with Gasteiger partial charge in [-0.15, -0.1) is 0 Å². The van der Waals surface area contributed by atoms with Crippen LogP contribution >= 0.6 is 15.9 Å². The minimum absolute atomic E-state index is 0.317. The molecule has 0 aliphatic carbocycles. The number of imide groups is 1. The maximum absolute atomic E-state index is 13.0. The lowest BCUT2D eigenvalue weighted by molar-refractivity contribution is -0.123. The maximum Gasteiger partial charge on any atom is 0.263 e. The summed E-state index contributed by atoms with van der Waals surface area (Å²) in [5.74, 6) is 0.618. The van der Waals surface area contributed by atoms with Gasteiger partial charge in [-0.05, 0) is 48.0 Å². The summed E-state index contributed by atoms with van der Waals surface area (Å²) in [7, 11) is 3.14. The van der Waals surface area contributed by atoms with Crippen LogP contribution in [-0.2, 0) is 16.1 Å². The second kappa shape index (κ2) is 7.23. The van der Waals surface area contributed by atoms with Gasteiger partial charge in [0.05, 0.1) is 26.5 Å². The summed E-state index contributed by atoms with van der Waals surface area (Å²) in [6.45, 7) is 0.317. The fourth-order valence-corrected chi connectivity index (χ4v) is 3.69. The van der Waals surface area contributed by atoms with Gasteiger partial charge in [-0.25, -0.2) is 4.90 Å². The number of carbonyl (C=O) groups is 2. The van der Waals surface area contributed by atoms with E-state index < -0.39 is 12.1 Å². The Labute approximate surface area is 169 Å². The molecule has 0 bridgehead atoms. The summed E-state index contributed by atoms with van der Waals surface area (Å²) in [5.41, 5.74) is 1.37. The first-order chi connectivity index (χ1) is 13.5. The van der Waals surface area contributed by atoms with Gasteiger partial charge in [-0.3, -0.25) is 14.6 Å². The highest BCUT2D eigenvalue weighted by molar-refractivity contribution is 9.10. The van der Waals surface area contributed by atoms with E-state index in [1.807, 2.05) is 18.2 Å². The number of nitrogens with zero attached hydrogens (tertiary/aromatic N) is 4. The molecular formula is C19H17BrN4O4. The van der Waals surface area contributed by atoms with Gasteiger partial charge in [0, 0.05) is 4.47 Å². The Morgan fingerprint density at radius 3 is 2.36 bits per heavy atom. The van der Waals surface area contributed by atoms with Gasteiger partial charge in [0.15, 0.2) is 12.1 Å². The first-order valence-electron chi connectivity index (χ1n) is 8.55. The first-order valence-corrected chi connectivity index (χ1v) is 9.34. The normalized spacial score (nSPS) is 20.7. The standard InChI is InChI=1S/C19H17BrN4O4/c1-27-13-5-3-12(4-6-13)24-18(25)16-17(19(24)26)23(22-21-16)10-11-9-14(28-2)7-8-15(11)20/h3-9,16-17H,10H2,1-2H3/t16-,17-/m1/s1. The molecule has 2 aromatic rings. The molecule has 2 amide bonds. The van der Waals surface area contributed by atoms with Crippen LogP contribution < -0.4 is 14.4 Å². The van der Waals surface area contributed by atoms with Crippen LogP contribution in [-0.4, -0.2) is 43.1 Å². The van der Waals surface area contributed by atoms with E-state index in [1.54, 1.807) is 43.5 Å². The van der Waals surface area contributed by atoms with Crippen LogP contribution in [0.1, 0.15) is 5.56 Å². The van der Waals surface area contributed by atoms with E-state index in [1.165, 1.54) is 4.90 Å². The highest BCUT2D eigenvalue weighted by Gasteiger charge is 2.54. The largest absolute Gasteiger partial charge is 0.497 e. The topological polar surface area (TPSA) is 83.8 Å². The molecule has 1 fully saturated rings. The average Bonchev–Trinajstić information content (AvgIpc) is 3.23. The molecule has 4 rings (SSSR count). The van der Waals surface area contributed by atoms with Gasteiger partial charge in [0.2, 0.25) is 0 Å². The molecule has 2 heterocycles. The van der Waals surface area contributed by atoms with Crippen LogP contribution in [0, 0.1) is 0 Å². The van der Waals surface area contributed by atoms with Gasteiger partial charge in [0.25, 0.3) is 11.8 Å². The third kappa shape index (κ3) is 3.01. The molecule has 1 saturated heterocycles. The number of benzene rings is 2. The molecular weight excluding hydrogens is 428 g/mol. The minimum Gasteiger partial charge on any atom is -0.497 e. The molecule has 0 radical (unpaired) electrons. The summed E-state index contributed by atoms with van der Waals surface area (Å²) >= 11 is 3.50. The van der Waals surface area contributed by atoms with Gasteiger partial charge in [-0.1, -0.05) is 21.2 Å². The molecule has 2 atom stereocenters. The molecule has 144 valence electrons.